The molecule has 0 radical (unpaired) electrons. The first-order chi connectivity index (χ1) is 10.1. The van der Waals surface area contributed by atoms with Crippen LogP contribution in [0.2, 0.25) is 0 Å². The van der Waals surface area contributed by atoms with Gasteiger partial charge < -0.3 is 14.6 Å². The Morgan fingerprint density at radius 1 is 1.14 bits per heavy atom. The molecule has 1 aliphatic heterocycles. The van der Waals surface area contributed by atoms with E-state index in [1.807, 2.05) is 12.1 Å². The molecular weight excluding hydrogens is 332 g/mol. The first-order valence-electron chi connectivity index (χ1n) is 7.83. The van der Waals surface area contributed by atoms with Crippen LogP contribution in [0.3, 0.4) is 0 Å². The number of benzene rings is 1. The van der Waals surface area contributed by atoms with E-state index in [1.54, 1.807) is 0 Å². The van der Waals surface area contributed by atoms with Crippen molar-refractivity contribution in [3.8, 4) is 11.5 Å². The van der Waals surface area contributed by atoms with Crippen molar-refractivity contribution in [1.29, 1.82) is 0 Å². The maximum atomic E-state index is 10.8. The summed E-state index contributed by atoms with van der Waals surface area (Å²) in [5.74, 6) is 3.27. The number of halogens is 1. The second kappa shape index (κ2) is 6.17. The molecule has 3 rings (SSSR count). The van der Waals surface area contributed by atoms with Gasteiger partial charge in [-0.15, -0.1) is 0 Å². The van der Waals surface area contributed by atoms with E-state index in [4.69, 9.17) is 9.47 Å². The topological polar surface area (TPSA) is 38.7 Å². The van der Waals surface area contributed by atoms with E-state index in [0.29, 0.717) is 25.0 Å². The van der Waals surface area contributed by atoms with E-state index in [9.17, 15) is 5.11 Å². The van der Waals surface area contributed by atoms with Crippen molar-refractivity contribution in [2.45, 2.75) is 39.2 Å². The summed E-state index contributed by atoms with van der Waals surface area (Å²) in [7, 11) is 0. The Kier molecular flexibility index (Phi) is 4.46. The lowest BCUT2D eigenvalue weighted by atomic mass is 9.73. The fraction of sp³-hybridized carbons (Fsp3) is 0.647. The molecule has 0 aromatic heterocycles. The Morgan fingerprint density at radius 3 is 2.67 bits per heavy atom. The minimum atomic E-state index is -0.424. The summed E-state index contributed by atoms with van der Waals surface area (Å²) in [5.41, 5.74) is 0.929. The Labute approximate surface area is 134 Å². The van der Waals surface area contributed by atoms with Gasteiger partial charge in [0.05, 0.1) is 10.6 Å². The van der Waals surface area contributed by atoms with Crippen molar-refractivity contribution in [3.63, 3.8) is 0 Å². The number of ether oxygens (including phenoxy) is 2. The van der Waals surface area contributed by atoms with Crippen LogP contribution in [0.1, 0.15) is 44.8 Å². The Balaban J connectivity index is 1.81. The molecule has 0 saturated heterocycles. The molecule has 1 N–H and O–H groups in total. The second-order valence-corrected chi connectivity index (χ2v) is 7.35. The molecule has 1 fully saturated rings. The predicted octanol–water partition coefficient (Wildman–Crippen LogP) is 4.33. The van der Waals surface area contributed by atoms with Crippen molar-refractivity contribution in [2.24, 2.45) is 17.8 Å². The number of hydrogen-bond acceptors (Lipinski definition) is 3. The Bertz CT molecular complexity index is 517. The van der Waals surface area contributed by atoms with Gasteiger partial charge in [-0.2, -0.15) is 0 Å². The van der Waals surface area contributed by atoms with Crippen LogP contribution < -0.4 is 9.47 Å². The number of aliphatic hydroxyl groups excluding tert-OH is 1. The normalized spacial score (nSPS) is 30.0. The van der Waals surface area contributed by atoms with Crippen LogP contribution in [0.4, 0.5) is 0 Å². The zero-order valence-corrected chi connectivity index (χ0v) is 14.2. The first-order valence-corrected chi connectivity index (χ1v) is 8.62. The molecule has 4 atom stereocenters. The molecular formula is C17H23BrO3. The van der Waals surface area contributed by atoms with E-state index >= 15 is 0 Å². The van der Waals surface area contributed by atoms with Crippen molar-refractivity contribution >= 4 is 15.9 Å². The van der Waals surface area contributed by atoms with E-state index in [0.717, 1.165) is 40.3 Å². The smallest absolute Gasteiger partial charge is 0.175 e. The molecule has 0 bridgehead atoms. The lowest BCUT2D eigenvalue weighted by Crippen LogP contribution is -2.25. The van der Waals surface area contributed by atoms with Gasteiger partial charge in [-0.1, -0.05) is 20.3 Å². The van der Waals surface area contributed by atoms with E-state index in [1.165, 1.54) is 6.42 Å². The van der Waals surface area contributed by atoms with Crippen LogP contribution in [-0.2, 0) is 0 Å². The van der Waals surface area contributed by atoms with Gasteiger partial charge >= 0.3 is 0 Å². The molecule has 2 aliphatic rings. The zero-order valence-electron chi connectivity index (χ0n) is 12.6. The molecule has 1 aromatic rings. The summed E-state index contributed by atoms with van der Waals surface area (Å²) in [6.45, 7) is 5.75. The summed E-state index contributed by atoms with van der Waals surface area (Å²) in [6, 6.07) is 3.91. The predicted molar refractivity (Wildman–Crippen MR) is 85.8 cm³/mol. The highest BCUT2D eigenvalue weighted by Crippen LogP contribution is 2.44. The highest BCUT2D eigenvalue weighted by Gasteiger charge is 2.31. The van der Waals surface area contributed by atoms with E-state index in [-0.39, 0.29) is 0 Å². The largest absolute Gasteiger partial charge is 0.486 e. The quantitative estimate of drug-likeness (QED) is 0.858. The third kappa shape index (κ3) is 3.07. The van der Waals surface area contributed by atoms with E-state index in [2.05, 4.69) is 29.8 Å². The molecule has 0 spiro atoms. The lowest BCUT2D eigenvalue weighted by Gasteiger charge is -2.35. The molecule has 4 heteroatoms. The lowest BCUT2D eigenvalue weighted by molar-refractivity contribution is 0.0555. The van der Waals surface area contributed by atoms with Gasteiger partial charge in [-0.3, -0.25) is 0 Å². The molecule has 3 nitrogen and oxygen atoms in total. The van der Waals surface area contributed by atoms with Crippen LogP contribution >= 0.6 is 15.9 Å². The van der Waals surface area contributed by atoms with Crippen LogP contribution in [-0.4, -0.2) is 18.3 Å². The van der Waals surface area contributed by atoms with Gasteiger partial charge in [0.25, 0.3) is 0 Å². The Hall–Kier alpha value is -0.740. The summed E-state index contributed by atoms with van der Waals surface area (Å²) >= 11 is 3.53. The highest BCUT2D eigenvalue weighted by atomic mass is 79.9. The van der Waals surface area contributed by atoms with Gasteiger partial charge in [0.2, 0.25) is 0 Å². The Morgan fingerprint density at radius 2 is 1.90 bits per heavy atom. The number of aliphatic hydroxyl groups is 1. The average molecular weight is 355 g/mol. The maximum absolute atomic E-state index is 10.8. The van der Waals surface area contributed by atoms with Crippen LogP contribution in [0, 0.1) is 17.8 Å². The van der Waals surface area contributed by atoms with Crippen molar-refractivity contribution in [2.75, 3.05) is 13.2 Å². The summed E-state index contributed by atoms with van der Waals surface area (Å²) in [4.78, 5) is 0. The van der Waals surface area contributed by atoms with Crippen LogP contribution in [0.5, 0.6) is 11.5 Å². The third-order valence-corrected chi connectivity index (χ3v) is 5.63. The van der Waals surface area contributed by atoms with Gasteiger partial charge in [0, 0.05) is 0 Å². The molecule has 4 unspecified atom stereocenters. The second-order valence-electron chi connectivity index (χ2n) is 6.50. The van der Waals surface area contributed by atoms with Crippen molar-refractivity contribution < 1.29 is 14.6 Å². The van der Waals surface area contributed by atoms with Crippen LogP contribution in [0.25, 0.3) is 0 Å². The molecule has 116 valence electrons. The van der Waals surface area contributed by atoms with E-state index < -0.39 is 6.10 Å². The zero-order chi connectivity index (χ0) is 15.0. The highest BCUT2D eigenvalue weighted by molar-refractivity contribution is 9.10. The molecule has 0 amide bonds. The summed E-state index contributed by atoms with van der Waals surface area (Å²) in [5, 5.41) is 10.8. The van der Waals surface area contributed by atoms with Crippen LogP contribution in [0.15, 0.2) is 16.6 Å². The van der Waals surface area contributed by atoms with Gasteiger partial charge in [-0.25, -0.2) is 0 Å². The van der Waals surface area contributed by atoms with Gasteiger partial charge in [0.1, 0.15) is 13.2 Å². The van der Waals surface area contributed by atoms with Gasteiger partial charge in [0.15, 0.2) is 11.5 Å². The van der Waals surface area contributed by atoms with Crippen molar-refractivity contribution in [3.05, 3.63) is 22.2 Å². The number of rotatable bonds is 2. The molecule has 1 aromatic carbocycles. The minimum Gasteiger partial charge on any atom is -0.486 e. The SMILES string of the molecule is CC1CCC(C(O)c2cc(Br)c3c(c2)OCCO3)CC1C. The molecule has 1 saturated carbocycles. The number of hydrogen-bond donors (Lipinski definition) is 1. The molecule has 1 heterocycles. The monoisotopic (exact) mass is 354 g/mol. The molecule has 21 heavy (non-hydrogen) atoms. The fourth-order valence-electron chi connectivity index (χ4n) is 3.45. The first kappa shape index (κ1) is 15.2. The van der Waals surface area contributed by atoms with Gasteiger partial charge in [-0.05, 0) is 64.2 Å². The van der Waals surface area contributed by atoms with Crippen molar-refractivity contribution in [1.82, 2.24) is 0 Å². The summed E-state index contributed by atoms with van der Waals surface area (Å²) < 4.78 is 12.1. The number of fused-ring (bicyclic) bond motifs is 1. The summed E-state index contributed by atoms with van der Waals surface area (Å²) in [6.07, 6.45) is 2.97. The standard InChI is InChI=1S/C17H23BrO3/c1-10-3-4-12(7-11(10)2)16(19)13-8-14(18)17-15(9-13)20-5-6-21-17/h8-12,16,19H,3-7H2,1-2H3. The average Bonchev–Trinajstić information content (AvgIpc) is 2.49. The fourth-order valence-corrected chi connectivity index (χ4v) is 4.02. The molecule has 1 aliphatic carbocycles. The minimum absolute atomic E-state index is 0.339. The maximum Gasteiger partial charge on any atom is 0.175 e. The third-order valence-electron chi connectivity index (χ3n) is 5.05.